The van der Waals surface area contributed by atoms with Crippen LogP contribution < -0.4 is 0 Å². The molecule has 0 radical (unpaired) electrons. The predicted molar refractivity (Wildman–Crippen MR) is 78.3 cm³/mol. The van der Waals surface area contributed by atoms with Crippen molar-refractivity contribution in [2.24, 2.45) is 0 Å². The van der Waals surface area contributed by atoms with Gasteiger partial charge in [0.1, 0.15) is 11.6 Å². The van der Waals surface area contributed by atoms with E-state index in [-0.39, 0.29) is 23.8 Å². The van der Waals surface area contributed by atoms with E-state index >= 15 is 0 Å². The molecule has 1 nitrogen and oxygen atoms in total. The van der Waals surface area contributed by atoms with Crippen LogP contribution in [0.2, 0.25) is 0 Å². The van der Waals surface area contributed by atoms with Crippen LogP contribution in [0.5, 0.6) is 0 Å². The average Bonchev–Trinajstić information content (AvgIpc) is 2.33. The molecule has 0 heterocycles. The van der Waals surface area contributed by atoms with Crippen molar-refractivity contribution >= 4 is 28.4 Å². The Morgan fingerprint density at radius 1 is 1.11 bits per heavy atom. The standard InChI is InChI=1S/C15H11F2IO/c1-9-2-3-11(16)6-10(9)7-15(19)13-5-4-12(17)8-14(13)18/h2-6,8H,7H2,1H3. The molecular formula is C15H11F2IO. The number of halogens is 3. The molecule has 0 aliphatic rings. The van der Waals surface area contributed by atoms with Gasteiger partial charge < -0.3 is 0 Å². The number of hydrogen-bond acceptors (Lipinski definition) is 1. The molecule has 19 heavy (non-hydrogen) atoms. The van der Waals surface area contributed by atoms with Gasteiger partial charge in [-0.2, -0.15) is 0 Å². The third kappa shape index (κ3) is 3.37. The van der Waals surface area contributed by atoms with Gasteiger partial charge >= 0.3 is 0 Å². The summed E-state index contributed by atoms with van der Waals surface area (Å²) in [4.78, 5) is 12.2. The molecule has 4 heteroatoms. The third-order valence-electron chi connectivity index (χ3n) is 2.89. The number of aryl methyl sites for hydroxylation is 1. The first-order valence-corrected chi connectivity index (χ1v) is 6.78. The highest BCUT2D eigenvalue weighted by Gasteiger charge is 2.13. The summed E-state index contributed by atoms with van der Waals surface area (Å²) >= 11 is 1.92. The molecule has 0 aliphatic carbocycles. The molecule has 0 N–H and O–H groups in total. The second-order valence-electron chi connectivity index (χ2n) is 4.29. The normalized spacial score (nSPS) is 10.5. The van der Waals surface area contributed by atoms with Gasteiger partial charge in [-0.25, -0.2) is 8.78 Å². The van der Waals surface area contributed by atoms with Crippen LogP contribution in [-0.4, -0.2) is 5.78 Å². The molecule has 98 valence electrons. The Morgan fingerprint density at radius 3 is 2.42 bits per heavy atom. The Kier molecular flexibility index (Phi) is 4.29. The van der Waals surface area contributed by atoms with Crippen molar-refractivity contribution in [3.63, 3.8) is 0 Å². The van der Waals surface area contributed by atoms with E-state index in [4.69, 9.17) is 0 Å². The molecule has 0 spiro atoms. The minimum absolute atomic E-state index is 0.116. The van der Waals surface area contributed by atoms with E-state index in [1.807, 2.05) is 29.5 Å². The quantitative estimate of drug-likeness (QED) is 0.580. The maximum absolute atomic E-state index is 13.2. The topological polar surface area (TPSA) is 17.1 Å². The van der Waals surface area contributed by atoms with E-state index in [1.54, 1.807) is 6.07 Å². The molecule has 0 saturated heterocycles. The van der Waals surface area contributed by atoms with Crippen LogP contribution in [0, 0.1) is 22.1 Å². The van der Waals surface area contributed by atoms with Crippen LogP contribution in [0.25, 0.3) is 0 Å². The van der Waals surface area contributed by atoms with Crippen molar-refractivity contribution < 1.29 is 13.6 Å². The summed E-state index contributed by atoms with van der Waals surface area (Å²) < 4.78 is 26.7. The molecule has 2 rings (SSSR count). The average molecular weight is 372 g/mol. The van der Waals surface area contributed by atoms with Crippen molar-refractivity contribution in [2.45, 2.75) is 13.3 Å². The summed E-state index contributed by atoms with van der Waals surface area (Å²) in [6.07, 6.45) is 0.116. The van der Waals surface area contributed by atoms with Gasteiger partial charge in [0.05, 0.1) is 0 Å². The van der Waals surface area contributed by atoms with Gasteiger partial charge in [0.25, 0.3) is 0 Å². The zero-order valence-electron chi connectivity index (χ0n) is 10.2. The number of carbonyl (C=O) groups excluding carboxylic acids is 1. The molecule has 0 atom stereocenters. The molecule has 0 saturated carbocycles. The first-order valence-electron chi connectivity index (χ1n) is 5.70. The van der Waals surface area contributed by atoms with Gasteiger partial charge in [0.2, 0.25) is 0 Å². The van der Waals surface area contributed by atoms with E-state index in [0.29, 0.717) is 14.7 Å². The molecule has 2 aromatic carbocycles. The van der Waals surface area contributed by atoms with Crippen LogP contribution in [0.3, 0.4) is 0 Å². The largest absolute Gasteiger partial charge is 0.294 e. The second-order valence-corrected chi connectivity index (χ2v) is 5.46. The van der Waals surface area contributed by atoms with Gasteiger partial charge in [-0.1, -0.05) is 6.07 Å². The van der Waals surface area contributed by atoms with Crippen LogP contribution in [0.15, 0.2) is 36.4 Å². The number of hydrogen-bond donors (Lipinski definition) is 0. The fourth-order valence-electron chi connectivity index (χ4n) is 1.81. The summed E-state index contributed by atoms with van der Waals surface area (Å²) in [7, 11) is 0. The minimum Gasteiger partial charge on any atom is -0.294 e. The number of benzene rings is 2. The lowest BCUT2D eigenvalue weighted by Gasteiger charge is -2.07. The Labute approximate surface area is 123 Å². The second kappa shape index (κ2) is 5.77. The Hall–Kier alpha value is -1.30. The summed E-state index contributed by atoms with van der Waals surface area (Å²) in [6, 6.07) is 8.41. The van der Waals surface area contributed by atoms with Gasteiger partial charge in [0.15, 0.2) is 5.78 Å². The van der Waals surface area contributed by atoms with Gasteiger partial charge in [0, 0.05) is 15.6 Å². The fraction of sp³-hybridized carbons (Fsp3) is 0.133. The fourth-order valence-corrected chi connectivity index (χ4v) is 2.59. The predicted octanol–water partition coefficient (Wildman–Crippen LogP) is 4.30. The minimum atomic E-state index is -0.372. The van der Waals surface area contributed by atoms with Crippen molar-refractivity contribution in [3.8, 4) is 0 Å². The molecule has 0 aromatic heterocycles. The lowest BCUT2D eigenvalue weighted by atomic mass is 9.99. The maximum Gasteiger partial charge on any atom is 0.168 e. The summed E-state index contributed by atoms with van der Waals surface area (Å²) in [6.45, 7) is 1.83. The van der Waals surface area contributed by atoms with E-state index in [2.05, 4.69) is 0 Å². The first kappa shape index (κ1) is 14.1. The molecule has 0 amide bonds. The van der Waals surface area contributed by atoms with E-state index in [0.717, 1.165) is 5.56 Å². The highest BCUT2D eigenvalue weighted by atomic mass is 127. The van der Waals surface area contributed by atoms with Gasteiger partial charge in [-0.05, 0) is 71.0 Å². The summed E-state index contributed by atoms with van der Waals surface area (Å²) in [5.74, 6) is -0.872. The SMILES string of the molecule is Cc1ccc(F)cc1CC(=O)c1ccc(F)cc1I. The van der Waals surface area contributed by atoms with Crippen molar-refractivity contribution in [1.82, 2.24) is 0 Å². The maximum atomic E-state index is 13.2. The molecule has 2 aromatic rings. The van der Waals surface area contributed by atoms with Crippen molar-refractivity contribution in [1.29, 1.82) is 0 Å². The molecule has 0 bridgehead atoms. The van der Waals surface area contributed by atoms with Crippen LogP contribution in [0.4, 0.5) is 8.78 Å². The van der Waals surface area contributed by atoms with E-state index < -0.39 is 0 Å². The molecule has 0 aliphatic heterocycles. The highest BCUT2D eigenvalue weighted by molar-refractivity contribution is 14.1. The lowest BCUT2D eigenvalue weighted by molar-refractivity contribution is 0.0992. The lowest BCUT2D eigenvalue weighted by Crippen LogP contribution is -2.07. The number of rotatable bonds is 3. The van der Waals surface area contributed by atoms with Crippen molar-refractivity contribution in [2.75, 3.05) is 0 Å². The van der Waals surface area contributed by atoms with Crippen LogP contribution >= 0.6 is 22.6 Å². The Morgan fingerprint density at radius 2 is 1.74 bits per heavy atom. The monoisotopic (exact) mass is 372 g/mol. The molecule has 0 fully saturated rings. The smallest absolute Gasteiger partial charge is 0.168 e. The first-order chi connectivity index (χ1) is 8.97. The molecular weight excluding hydrogens is 361 g/mol. The van der Waals surface area contributed by atoms with Crippen molar-refractivity contribution in [3.05, 3.63) is 68.3 Å². The number of carbonyl (C=O) groups is 1. The summed E-state index contributed by atoms with van der Waals surface area (Å²) in [5, 5.41) is 0. The van der Waals surface area contributed by atoms with Crippen LogP contribution in [-0.2, 0) is 6.42 Å². The third-order valence-corrected chi connectivity index (χ3v) is 3.79. The van der Waals surface area contributed by atoms with E-state index in [9.17, 15) is 13.6 Å². The van der Waals surface area contributed by atoms with Gasteiger partial charge in [-0.15, -0.1) is 0 Å². The Balaban J connectivity index is 2.28. The zero-order chi connectivity index (χ0) is 14.0. The zero-order valence-corrected chi connectivity index (χ0v) is 12.4. The van der Waals surface area contributed by atoms with E-state index in [1.165, 1.54) is 30.3 Å². The number of Topliss-reactive ketones (excluding diaryl/α,β-unsaturated/α-hetero) is 1. The van der Waals surface area contributed by atoms with Gasteiger partial charge in [-0.3, -0.25) is 4.79 Å². The number of ketones is 1. The molecule has 0 unspecified atom stereocenters. The summed E-state index contributed by atoms with van der Waals surface area (Å²) in [5.41, 5.74) is 1.99. The highest BCUT2D eigenvalue weighted by Crippen LogP contribution is 2.18. The van der Waals surface area contributed by atoms with Crippen LogP contribution in [0.1, 0.15) is 21.5 Å². The Bertz CT molecular complexity index is 638.